The highest BCUT2D eigenvalue weighted by Crippen LogP contribution is 2.13. The summed E-state index contributed by atoms with van der Waals surface area (Å²) in [5, 5.41) is 7.44. The molecular formula is C7H12N4. The van der Waals surface area contributed by atoms with E-state index in [-0.39, 0.29) is 0 Å². The smallest absolute Gasteiger partial charge is 0.137 e. The summed E-state index contributed by atoms with van der Waals surface area (Å²) < 4.78 is 1.94. The molecule has 0 unspecified atom stereocenters. The second kappa shape index (κ2) is 3.00. The van der Waals surface area contributed by atoms with Crippen molar-refractivity contribution < 1.29 is 0 Å². The van der Waals surface area contributed by atoms with Gasteiger partial charge < -0.3 is 5.32 Å². The summed E-state index contributed by atoms with van der Waals surface area (Å²) in [5.74, 6) is 0. The van der Waals surface area contributed by atoms with Crippen molar-refractivity contribution in [2.24, 2.45) is 0 Å². The van der Waals surface area contributed by atoms with Gasteiger partial charge in [0, 0.05) is 6.54 Å². The molecule has 11 heavy (non-hydrogen) atoms. The number of hydrogen-bond acceptors (Lipinski definition) is 3. The number of hydrogen-bond donors (Lipinski definition) is 1. The molecule has 60 valence electrons. The molecule has 0 aromatic carbocycles. The van der Waals surface area contributed by atoms with Gasteiger partial charge in [-0.05, 0) is 19.4 Å². The third kappa shape index (κ3) is 1.40. The van der Waals surface area contributed by atoms with E-state index in [0.29, 0.717) is 6.04 Å². The maximum Gasteiger partial charge on any atom is 0.137 e. The molecule has 4 heteroatoms. The number of aromatic nitrogens is 3. The highest BCUT2D eigenvalue weighted by Gasteiger charge is 2.14. The largest absolute Gasteiger partial charge is 0.315 e. The molecule has 1 fully saturated rings. The predicted octanol–water partition coefficient (Wildman–Crippen LogP) is 0.203. The highest BCUT2D eigenvalue weighted by molar-refractivity contribution is 4.74. The Kier molecular flexibility index (Phi) is 1.85. The van der Waals surface area contributed by atoms with Crippen LogP contribution in [0.1, 0.15) is 18.9 Å². The summed E-state index contributed by atoms with van der Waals surface area (Å²) in [4.78, 5) is 3.92. The lowest BCUT2D eigenvalue weighted by Crippen LogP contribution is -2.31. The lowest BCUT2D eigenvalue weighted by atomic mass is 10.1. The first-order chi connectivity index (χ1) is 5.47. The monoisotopic (exact) mass is 152 g/mol. The second-order valence-electron chi connectivity index (χ2n) is 2.88. The van der Waals surface area contributed by atoms with Crippen molar-refractivity contribution in [3.05, 3.63) is 12.7 Å². The molecule has 1 saturated heterocycles. The molecule has 1 aliphatic heterocycles. The lowest BCUT2D eigenvalue weighted by molar-refractivity contribution is 0.346. The topological polar surface area (TPSA) is 42.7 Å². The van der Waals surface area contributed by atoms with Crippen molar-refractivity contribution >= 4 is 0 Å². The number of piperidine rings is 1. The molecule has 1 aromatic heterocycles. The van der Waals surface area contributed by atoms with E-state index in [2.05, 4.69) is 15.4 Å². The summed E-state index contributed by atoms with van der Waals surface area (Å²) in [5.41, 5.74) is 0. The summed E-state index contributed by atoms with van der Waals surface area (Å²) in [6.45, 7) is 2.18. The zero-order chi connectivity index (χ0) is 7.52. The van der Waals surface area contributed by atoms with Crippen molar-refractivity contribution in [1.29, 1.82) is 0 Å². The van der Waals surface area contributed by atoms with E-state index >= 15 is 0 Å². The van der Waals surface area contributed by atoms with Gasteiger partial charge in [0.05, 0.1) is 6.04 Å². The van der Waals surface area contributed by atoms with Crippen LogP contribution >= 0.6 is 0 Å². The maximum atomic E-state index is 4.11. The molecule has 0 bridgehead atoms. The normalized spacial score (nSPS) is 25.3. The van der Waals surface area contributed by atoms with Crippen molar-refractivity contribution in [3.63, 3.8) is 0 Å². The van der Waals surface area contributed by atoms with Crippen LogP contribution in [0.25, 0.3) is 0 Å². The summed E-state index contributed by atoms with van der Waals surface area (Å²) in [7, 11) is 0. The van der Waals surface area contributed by atoms with Crippen LogP contribution in [0.2, 0.25) is 0 Å². The van der Waals surface area contributed by atoms with Crippen molar-refractivity contribution in [1.82, 2.24) is 20.1 Å². The van der Waals surface area contributed by atoms with E-state index in [1.807, 2.05) is 4.68 Å². The molecule has 4 nitrogen and oxygen atoms in total. The third-order valence-corrected chi connectivity index (χ3v) is 2.08. The summed E-state index contributed by atoms with van der Waals surface area (Å²) in [6, 6.07) is 0.520. The lowest BCUT2D eigenvalue weighted by Gasteiger charge is -2.22. The van der Waals surface area contributed by atoms with Crippen LogP contribution in [-0.4, -0.2) is 27.9 Å². The number of rotatable bonds is 1. The van der Waals surface area contributed by atoms with E-state index in [9.17, 15) is 0 Å². The zero-order valence-electron chi connectivity index (χ0n) is 6.40. The molecule has 2 heterocycles. The number of nitrogens with one attached hydrogen (secondary N) is 1. The first kappa shape index (κ1) is 6.79. The van der Waals surface area contributed by atoms with Crippen LogP contribution < -0.4 is 5.32 Å². The average Bonchev–Trinajstić information content (AvgIpc) is 2.58. The van der Waals surface area contributed by atoms with Crippen LogP contribution in [-0.2, 0) is 0 Å². The zero-order valence-corrected chi connectivity index (χ0v) is 6.40. The van der Waals surface area contributed by atoms with Gasteiger partial charge in [0.1, 0.15) is 12.7 Å². The molecule has 1 N–H and O–H groups in total. The Morgan fingerprint density at radius 2 is 2.55 bits per heavy atom. The van der Waals surface area contributed by atoms with Crippen LogP contribution in [0.4, 0.5) is 0 Å². The van der Waals surface area contributed by atoms with Crippen LogP contribution in [0.15, 0.2) is 12.7 Å². The Morgan fingerprint density at radius 1 is 1.55 bits per heavy atom. The fourth-order valence-corrected chi connectivity index (χ4v) is 1.47. The van der Waals surface area contributed by atoms with Crippen LogP contribution in [0.5, 0.6) is 0 Å². The Bertz CT molecular complexity index is 200. The van der Waals surface area contributed by atoms with E-state index in [1.165, 1.54) is 12.8 Å². The maximum absolute atomic E-state index is 4.11. The molecule has 0 saturated carbocycles. The van der Waals surface area contributed by atoms with E-state index in [4.69, 9.17) is 0 Å². The Hall–Kier alpha value is -0.900. The summed E-state index contributed by atoms with van der Waals surface area (Å²) >= 11 is 0. The van der Waals surface area contributed by atoms with E-state index < -0.39 is 0 Å². The molecule has 0 amide bonds. The van der Waals surface area contributed by atoms with Gasteiger partial charge in [-0.2, -0.15) is 5.10 Å². The quantitative estimate of drug-likeness (QED) is 0.625. The fourth-order valence-electron chi connectivity index (χ4n) is 1.47. The predicted molar refractivity (Wildman–Crippen MR) is 41.2 cm³/mol. The SMILES string of the molecule is c1ncn([C@H]2CCCNC2)n1. The minimum atomic E-state index is 0.520. The van der Waals surface area contributed by atoms with Crippen molar-refractivity contribution in [2.45, 2.75) is 18.9 Å². The van der Waals surface area contributed by atoms with Gasteiger partial charge in [0.25, 0.3) is 0 Å². The molecule has 1 aromatic rings. The fraction of sp³-hybridized carbons (Fsp3) is 0.714. The highest BCUT2D eigenvalue weighted by atomic mass is 15.3. The number of nitrogens with zero attached hydrogens (tertiary/aromatic N) is 3. The van der Waals surface area contributed by atoms with Crippen LogP contribution in [0.3, 0.4) is 0 Å². The second-order valence-corrected chi connectivity index (χ2v) is 2.88. The molecule has 1 aliphatic rings. The first-order valence-corrected chi connectivity index (χ1v) is 4.01. The molecule has 0 aliphatic carbocycles. The standard InChI is InChI=1S/C7H12N4/c1-2-7(4-8-3-1)11-6-9-5-10-11/h5-8H,1-4H2/t7-/m0/s1. The molecule has 2 rings (SSSR count). The van der Waals surface area contributed by atoms with Crippen molar-refractivity contribution in [2.75, 3.05) is 13.1 Å². The first-order valence-electron chi connectivity index (χ1n) is 4.01. The van der Waals surface area contributed by atoms with Gasteiger partial charge >= 0.3 is 0 Å². The molecule has 0 spiro atoms. The molecular weight excluding hydrogens is 140 g/mol. The van der Waals surface area contributed by atoms with Crippen molar-refractivity contribution in [3.8, 4) is 0 Å². The third-order valence-electron chi connectivity index (χ3n) is 2.08. The Labute approximate surface area is 65.6 Å². The van der Waals surface area contributed by atoms with Gasteiger partial charge in [-0.25, -0.2) is 9.67 Å². The molecule has 1 atom stereocenters. The van der Waals surface area contributed by atoms with E-state index in [0.717, 1.165) is 13.1 Å². The van der Waals surface area contributed by atoms with Gasteiger partial charge in [0.15, 0.2) is 0 Å². The van der Waals surface area contributed by atoms with Gasteiger partial charge in [-0.1, -0.05) is 0 Å². The van der Waals surface area contributed by atoms with Crippen LogP contribution in [0, 0.1) is 0 Å². The van der Waals surface area contributed by atoms with Gasteiger partial charge in [-0.15, -0.1) is 0 Å². The Balaban J connectivity index is 2.04. The summed E-state index contributed by atoms with van der Waals surface area (Å²) in [6.07, 6.45) is 5.84. The minimum absolute atomic E-state index is 0.520. The molecule has 0 radical (unpaired) electrons. The van der Waals surface area contributed by atoms with Gasteiger partial charge in [0.2, 0.25) is 0 Å². The minimum Gasteiger partial charge on any atom is -0.315 e. The van der Waals surface area contributed by atoms with Gasteiger partial charge in [-0.3, -0.25) is 0 Å². The Morgan fingerprint density at radius 3 is 3.18 bits per heavy atom. The average molecular weight is 152 g/mol. The van der Waals surface area contributed by atoms with E-state index in [1.54, 1.807) is 12.7 Å².